The lowest BCUT2D eigenvalue weighted by atomic mass is 10.0. The Balaban J connectivity index is -0.000000364. The highest BCUT2D eigenvalue weighted by atomic mass is 35.5. The maximum absolute atomic E-state index is 13.7. The van der Waals surface area contributed by atoms with E-state index in [0.29, 0.717) is 83.3 Å². The summed E-state index contributed by atoms with van der Waals surface area (Å²) in [6, 6.07) is -4.58. The molecule has 0 bridgehead atoms. The van der Waals surface area contributed by atoms with Crippen LogP contribution in [-0.2, 0) is 71.6 Å². The molecule has 6 N–H and O–H groups in total. The van der Waals surface area contributed by atoms with Crippen molar-refractivity contribution < 1.29 is 76.7 Å². The average molecular weight is 1470 g/mol. The Bertz CT molecular complexity index is 2220. The molecule has 0 heterocycles. The van der Waals surface area contributed by atoms with Gasteiger partial charge in [-0.15, -0.1) is 26.3 Å². The van der Waals surface area contributed by atoms with Gasteiger partial charge < -0.3 is 55.4 Å². The smallest absolute Gasteiger partial charge is 0.330 e. The summed E-state index contributed by atoms with van der Waals surface area (Å²) in [7, 11) is 3.51. The molecule has 0 spiro atoms. The lowest BCUT2D eigenvalue weighted by Crippen LogP contribution is -2.59. The highest BCUT2D eigenvalue weighted by molar-refractivity contribution is 6.66. The van der Waals surface area contributed by atoms with Crippen LogP contribution in [0.1, 0.15) is 239 Å². The molecular weight excluding hydrogens is 1330 g/mol. The van der Waals surface area contributed by atoms with Crippen molar-refractivity contribution >= 4 is 70.1 Å². The van der Waals surface area contributed by atoms with Crippen LogP contribution in [-0.4, -0.2) is 202 Å². The van der Waals surface area contributed by atoms with Crippen molar-refractivity contribution in [3.05, 3.63) is 51.6 Å². The number of ketones is 2. The first-order valence-corrected chi connectivity index (χ1v) is 37.9. The maximum Gasteiger partial charge on any atom is 0.330 e. The lowest BCUT2D eigenvalue weighted by molar-refractivity contribution is -0.158. The van der Waals surface area contributed by atoms with Gasteiger partial charge in [-0.2, -0.15) is 0 Å². The third-order valence-corrected chi connectivity index (χ3v) is 15.6. The number of hydrogen-bond donors (Lipinski definition) is 6. The van der Waals surface area contributed by atoms with Crippen LogP contribution in [0.2, 0.25) is 0 Å². The number of aliphatic hydroxyl groups is 1. The van der Waals surface area contributed by atoms with E-state index in [4.69, 9.17) is 35.3 Å². The molecule has 23 nitrogen and oxygen atoms in total. The zero-order chi connectivity index (χ0) is 79.6. The Kier molecular flexibility index (Phi) is 76.0. The normalized spacial score (nSPS) is 13.1. The second-order valence-corrected chi connectivity index (χ2v) is 26.7. The second-order valence-electron chi connectivity index (χ2n) is 26.4. The molecule has 24 heteroatoms. The fourth-order valence-electron chi connectivity index (χ4n) is 9.91. The fourth-order valence-corrected chi connectivity index (χ4v) is 9.91. The van der Waals surface area contributed by atoms with Crippen molar-refractivity contribution in [2.45, 2.75) is 288 Å². The van der Waals surface area contributed by atoms with Crippen molar-refractivity contribution in [2.24, 2.45) is 23.7 Å². The highest BCUT2D eigenvalue weighted by Gasteiger charge is 2.41. The van der Waals surface area contributed by atoms with Crippen LogP contribution in [0.25, 0.3) is 0 Å². The van der Waals surface area contributed by atoms with E-state index in [0.717, 1.165) is 82.8 Å². The number of carbonyl (C=O) groups is 10. The molecule has 0 saturated heterocycles. The number of rotatable bonds is 55. The van der Waals surface area contributed by atoms with Crippen LogP contribution in [0.4, 0.5) is 0 Å². The van der Waals surface area contributed by atoms with E-state index >= 15 is 0 Å². The quantitative estimate of drug-likeness (QED) is 0.00823. The molecule has 0 aliphatic heterocycles. The minimum Gasteiger partial charge on any atom is -0.465 e. The van der Waals surface area contributed by atoms with Crippen LogP contribution in [0, 0.1) is 23.7 Å². The van der Waals surface area contributed by atoms with E-state index in [1.807, 2.05) is 55.4 Å². The maximum atomic E-state index is 13.7. The number of likely N-dealkylation sites (N-methyl/N-ethyl adjacent to an activating group) is 4. The fraction of sp³-hybridized carbons (Fsp3) is 0.769. The summed E-state index contributed by atoms with van der Waals surface area (Å²) in [6.45, 7) is 54.7. The van der Waals surface area contributed by atoms with Crippen LogP contribution in [0.15, 0.2) is 51.6 Å². The van der Waals surface area contributed by atoms with Gasteiger partial charge >= 0.3 is 29.8 Å². The molecule has 2 amide bonds. The zero-order valence-electron chi connectivity index (χ0n) is 66.9. The van der Waals surface area contributed by atoms with Crippen molar-refractivity contribution in [2.75, 3.05) is 79.8 Å². The summed E-state index contributed by atoms with van der Waals surface area (Å²) in [5.74, 6) is -3.49. The molecular formula is C78H146ClN7O16. The van der Waals surface area contributed by atoms with Crippen LogP contribution >= 0.6 is 11.6 Å². The molecule has 0 rings (SSSR count). The Morgan fingerprint density at radius 2 is 0.735 bits per heavy atom. The Labute approximate surface area is 623 Å². The van der Waals surface area contributed by atoms with Gasteiger partial charge in [-0.25, -0.2) is 14.4 Å². The largest absolute Gasteiger partial charge is 0.465 e. The molecule has 0 aromatic carbocycles. The molecule has 8 atom stereocenters. The summed E-state index contributed by atoms with van der Waals surface area (Å²) >= 11 is 4.71. The number of unbranched alkanes of at least 4 members (excludes halogenated alkanes) is 10. The summed E-state index contributed by atoms with van der Waals surface area (Å²) < 4.78 is 27.1. The summed E-state index contributed by atoms with van der Waals surface area (Å²) in [4.78, 5) is 127. The summed E-state index contributed by atoms with van der Waals surface area (Å²) in [5, 5.41) is 25.0. The minimum atomic E-state index is -1.48. The van der Waals surface area contributed by atoms with Crippen LogP contribution < -0.4 is 26.6 Å². The Morgan fingerprint density at radius 1 is 0.441 bits per heavy atom. The first-order valence-electron chi connectivity index (χ1n) is 37.5. The molecule has 0 saturated carbocycles. The van der Waals surface area contributed by atoms with E-state index < -0.39 is 82.9 Å². The Morgan fingerprint density at radius 3 is 0.990 bits per heavy atom. The molecule has 102 heavy (non-hydrogen) atoms. The number of halogens is 1. The predicted octanol–water partition coefficient (Wildman–Crippen LogP) is 11.9. The van der Waals surface area contributed by atoms with E-state index in [9.17, 15) is 53.1 Å². The predicted molar refractivity (Wildman–Crippen MR) is 414 cm³/mol. The molecule has 596 valence electrons. The van der Waals surface area contributed by atoms with E-state index in [1.165, 1.54) is 52.6 Å². The third kappa shape index (κ3) is 58.7. The van der Waals surface area contributed by atoms with Gasteiger partial charge in [0.15, 0.2) is 17.7 Å². The molecule has 0 aromatic heterocycles. The molecule has 0 radical (unpaired) electrons. The average Bonchev–Trinajstić information content (AvgIpc) is 0.835. The van der Waals surface area contributed by atoms with E-state index in [-0.39, 0.29) is 49.1 Å². The standard InChI is InChI=1S/C33H59N3O8.C30H57N3O7.C8H19N.C3H3ClO.2C2H4/c1-10-13-18-36(12-3)29(30(25(8)37)44-28(38)11-2)31(39)35-27(22-24(6)7)33(41)43-20-17-15-14-16-19-42-32(40)26(34-9)21-23(4)5;1-9-11-16-33(10-2)26(27(35)23(7)34)28(36)32-25(20-22(5)6)30(38)40-18-15-13-12-14-17-39-29(37)24(31-8)19-21(3)4;1-3-5-7-9-8-6-4-2;1-2-3(4)5;2*1-2/h11,23-24,26-27,29-30,34H,2,10,12-22H2,1,3-9H3,(H,35,39);21-22,24-27,31,35H,9-20H2,1-8H3,(H,32,36);9H,3-8H2,1-2H3;2H,1H2;2*1-2H2. The molecule has 0 aromatic rings. The van der Waals surface area contributed by atoms with Gasteiger partial charge in [0.1, 0.15) is 42.4 Å². The van der Waals surface area contributed by atoms with Gasteiger partial charge in [0.25, 0.3) is 0 Å². The van der Waals surface area contributed by atoms with Gasteiger partial charge in [0, 0.05) is 6.08 Å². The summed E-state index contributed by atoms with van der Waals surface area (Å²) in [6.07, 6.45) is 15.9. The van der Waals surface area contributed by atoms with Gasteiger partial charge in [0.2, 0.25) is 17.1 Å². The minimum absolute atomic E-state index is 0.0709. The van der Waals surface area contributed by atoms with Crippen LogP contribution in [0.3, 0.4) is 0 Å². The number of allylic oxidation sites excluding steroid dienone is 1. The number of ether oxygens (including phenoxy) is 5. The third-order valence-electron chi connectivity index (χ3n) is 15.5. The van der Waals surface area contributed by atoms with E-state index in [2.05, 4.69) is 108 Å². The number of nitrogens with zero attached hydrogens (tertiary/aromatic N) is 2. The van der Waals surface area contributed by atoms with Crippen molar-refractivity contribution in [1.82, 2.24) is 36.4 Å². The van der Waals surface area contributed by atoms with Gasteiger partial charge in [0.05, 0.1) is 26.4 Å². The van der Waals surface area contributed by atoms with Crippen LogP contribution in [0.5, 0.6) is 0 Å². The van der Waals surface area contributed by atoms with Gasteiger partial charge in [-0.1, -0.05) is 136 Å². The number of carbonyl (C=O) groups excluding carboxylic acids is 10. The topological polar surface area (TPSA) is 304 Å². The van der Waals surface area contributed by atoms with Crippen molar-refractivity contribution in [3.63, 3.8) is 0 Å². The van der Waals surface area contributed by atoms with Crippen molar-refractivity contribution in [1.29, 1.82) is 0 Å². The lowest BCUT2D eigenvalue weighted by Gasteiger charge is -2.34. The molecule has 8 unspecified atom stereocenters. The number of esters is 5. The molecule has 0 fully saturated rings. The first-order chi connectivity index (χ1) is 48.4. The van der Waals surface area contributed by atoms with Gasteiger partial charge in [-0.3, -0.25) is 43.4 Å². The summed E-state index contributed by atoms with van der Waals surface area (Å²) in [5.41, 5.74) is 0. The monoisotopic (exact) mass is 1470 g/mol. The van der Waals surface area contributed by atoms with Crippen molar-refractivity contribution in [3.8, 4) is 0 Å². The van der Waals surface area contributed by atoms with E-state index in [1.54, 1.807) is 23.9 Å². The number of aliphatic hydroxyl groups excluding tert-OH is 1. The first kappa shape index (κ1) is 107. The zero-order valence-corrected chi connectivity index (χ0v) is 67.6. The molecule has 0 aliphatic rings. The number of amides is 2. The SMILES string of the molecule is C=C.C=C.C=CC(=O)Cl.C=CC(=O)OC(C(C)=O)C(C(=O)NC(CC(C)C)C(=O)OCCCCCCOC(=O)C(CC(C)C)NC)N(CC)CCCC.CCCCN(CC)C(C(=O)NC(CC(C)C)C(=O)OCCCCCCOC(=O)C(CC(C)C)NC)C(O)C(C)=O.CCCCNCCCC. The highest BCUT2D eigenvalue weighted by Crippen LogP contribution is 2.18. The second kappa shape index (κ2) is 72.3. The number of Topliss-reactive ketones (excluding diaryl/α,β-unsaturated/α-hetero) is 2. The number of nitrogens with one attached hydrogen (secondary N) is 5. The van der Waals surface area contributed by atoms with Gasteiger partial charge in [-0.05, 0) is 211 Å². The molecule has 0 aliphatic carbocycles. The Hall–Kier alpha value is -5.69. The number of hydrogen-bond acceptors (Lipinski definition) is 21.